The average Bonchev–Trinajstić information content (AvgIpc) is 3.15. The summed E-state index contributed by atoms with van der Waals surface area (Å²) in [6.07, 6.45) is -3.54. The number of alkyl halides is 5. The maximum atomic E-state index is 12.7. The summed E-state index contributed by atoms with van der Waals surface area (Å²) >= 11 is 0. The van der Waals surface area contributed by atoms with Crippen LogP contribution in [0, 0.1) is 6.92 Å². The molecule has 6 nitrogen and oxygen atoms in total. The monoisotopic (exact) mass is 486 g/mol. The summed E-state index contributed by atoms with van der Waals surface area (Å²) in [5, 5.41) is 7.74. The van der Waals surface area contributed by atoms with E-state index in [0.29, 0.717) is 12.1 Å². The number of carbonyl (C=O) groups is 1. The van der Waals surface area contributed by atoms with Crippen molar-refractivity contribution in [3.05, 3.63) is 59.2 Å². The number of carbonyl (C=O) groups excluding carboxylic acids is 1. The van der Waals surface area contributed by atoms with E-state index < -0.39 is 18.4 Å². The summed E-state index contributed by atoms with van der Waals surface area (Å²) in [6, 6.07) is 8.93. The van der Waals surface area contributed by atoms with Crippen LogP contribution in [-0.2, 0) is 11.0 Å². The molecule has 2 aromatic rings. The predicted octanol–water partition coefficient (Wildman–Crippen LogP) is 4.48. The van der Waals surface area contributed by atoms with E-state index in [4.69, 9.17) is 0 Å². The van der Waals surface area contributed by atoms with Crippen molar-refractivity contribution in [1.29, 1.82) is 0 Å². The first-order valence-electron chi connectivity index (χ1n) is 10.8. The molecule has 0 aliphatic carbocycles. The van der Waals surface area contributed by atoms with Crippen molar-refractivity contribution in [2.75, 3.05) is 25.0 Å². The van der Waals surface area contributed by atoms with Gasteiger partial charge in [0.2, 0.25) is 5.91 Å². The molecule has 0 aromatic heterocycles. The summed E-state index contributed by atoms with van der Waals surface area (Å²) in [5.74, 6) is -0.290. The number of hydrogen-bond donors (Lipinski definition) is 3. The van der Waals surface area contributed by atoms with Crippen molar-refractivity contribution < 1.29 is 31.5 Å². The molecule has 186 valence electrons. The zero-order chi connectivity index (χ0) is 24.9. The zero-order valence-electron chi connectivity index (χ0n) is 18.8. The maximum absolute atomic E-state index is 12.7. The highest BCUT2D eigenvalue weighted by Crippen LogP contribution is 2.30. The number of rotatable bonds is 9. The van der Waals surface area contributed by atoms with Crippen molar-refractivity contribution in [2.24, 2.45) is 0 Å². The third kappa shape index (κ3) is 6.87. The van der Waals surface area contributed by atoms with Gasteiger partial charge < -0.3 is 15.4 Å². The Labute approximate surface area is 194 Å². The third-order valence-corrected chi connectivity index (χ3v) is 5.40. The molecule has 1 saturated heterocycles. The Hall–Kier alpha value is -2.76. The van der Waals surface area contributed by atoms with Crippen LogP contribution >= 0.6 is 0 Å². The van der Waals surface area contributed by atoms with Crippen molar-refractivity contribution in [3.8, 4) is 5.75 Å². The summed E-state index contributed by atoms with van der Waals surface area (Å²) in [5.41, 5.74) is 4.15. The molecule has 1 aliphatic heterocycles. The topological polar surface area (TPSA) is 65.6 Å². The van der Waals surface area contributed by atoms with E-state index in [0.717, 1.165) is 30.7 Å². The van der Waals surface area contributed by atoms with Crippen molar-refractivity contribution in [3.63, 3.8) is 0 Å². The second-order valence-electron chi connectivity index (χ2n) is 8.07. The molecule has 34 heavy (non-hydrogen) atoms. The van der Waals surface area contributed by atoms with Gasteiger partial charge in [-0.15, -0.1) is 0 Å². The lowest BCUT2D eigenvalue weighted by Crippen LogP contribution is -2.39. The SMILES string of the molecule is CCCNC1CN(CC(=O)Nc2ccc(C(F)(F)F)cc2)NC1c1ccc(OC(F)F)c(C)c1. The minimum atomic E-state index is -4.44. The fourth-order valence-corrected chi connectivity index (χ4v) is 3.82. The molecule has 11 heteroatoms. The molecule has 0 saturated carbocycles. The Morgan fingerprint density at radius 1 is 1.21 bits per heavy atom. The average molecular weight is 486 g/mol. The number of aryl methyl sites for hydroxylation is 1. The van der Waals surface area contributed by atoms with Crippen LogP contribution in [0.15, 0.2) is 42.5 Å². The van der Waals surface area contributed by atoms with Crippen LogP contribution in [0.1, 0.15) is 36.1 Å². The molecule has 1 heterocycles. The van der Waals surface area contributed by atoms with Crippen molar-refractivity contribution >= 4 is 11.6 Å². The van der Waals surface area contributed by atoms with Gasteiger partial charge in [0.05, 0.1) is 18.2 Å². The lowest BCUT2D eigenvalue weighted by atomic mass is 9.99. The molecule has 0 spiro atoms. The van der Waals surface area contributed by atoms with Crippen LogP contribution in [0.2, 0.25) is 0 Å². The van der Waals surface area contributed by atoms with Crippen LogP contribution in [0.3, 0.4) is 0 Å². The number of nitrogens with one attached hydrogen (secondary N) is 3. The first kappa shape index (κ1) is 25.9. The zero-order valence-corrected chi connectivity index (χ0v) is 18.8. The highest BCUT2D eigenvalue weighted by molar-refractivity contribution is 5.92. The predicted molar refractivity (Wildman–Crippen MR) is 117 cm³/mol. The normalized spacial score (nSPS) is 18.9. The van der Waals surface area contributed by atoms with Gasteiger partial charge in [0, 0.05) is 18.3 Å². The van der Waals surface area contributed by atoms with E-state index in [1.807, 2.05) is 6.92 Å². The molecule has 2 unspecified atom stereocenters. The van der Waals surface area contributed by atoms with Gasteiger partial charge >= 0.3 is 12.8 Å². The van der Waals surface area contributed by atoms with Gasteiger partial charge in [-0.1, -0.05) is 19.1 Å². The molecule has 3 rings (SSSR count). The Balaban J connectivity index is 1.65. The van der Waals surface area contributed by atoms with E-state index >= 15 is 0 Å². The molecular weight excluding hydrogens is 459 g/mol. The number of anilines is 1. The number of hydrazine groups is 1. The van der Waals surface area contributed by atoms with E-state index in [1.54, 1.807) is 24.1 Å². The smallest absolute Gasteiger partial charge is 0.416 e. The number of benzene rings is 2. The standard InChI is InChI=1S/C23H27F5N4O2/c1-3-10-29-18-12-32(13-20(33)30-17-7-5-16(6-8-17)23(26,27)28)31-21(18)15-4-9-19(14(2)11-15)34-22(24)25/h4-9,11,18,21-22,29,31H,3,10,12-13H2,1-2H3,(H,30,33). The van der Waals surface area contributed by atoms with Crippen molar-refractivity contribution in [1.82, 2.24) is 15.8 Å². The Morgan fingerprint density at radius 2 is 1.91 bits per heavy atom. The lowest BCUT2D eigenvalue weighted by Gasteiger charge is -2.21. The van der Waals surface area contributed by atoms with Gasteiger partial charge in [0.25, 0.3) is 0 Å². The summed E-state index contributed by atoms with van der Waals surface area (Å²) in [6.45, 7) is 2.00. The summed E-state index contributed by atoms with van der Waals surface area (Å²) in [7, 11) is 0. The maximum Gasteiger partial charge on any atom is 0.416 e. The van der Waals surface area contributed by atoms with Crippen LogP contribution in [0.4, 0.5) is 27.6 Å². The number of ether oxygens (including phenoxy) is 1. The second kappa shape index (κ2) is 11.1. The van der Waals surface area contributed by atoms with Crippen LogP contribution < -0.4 is 20.8 Å². The molecule has 0 radical (unpaired) electrons. The van der Waals surface area contributed by atoms with E-state index in [9.17, 15) is 26.7 Å². The van der Waals surface area contributed by atoms with E-state index in [1.165, 1.54) is 18.2 Å². The van der Waals surface area contributed by atoms with E-state index in [-0.39, 0.29) is 36.0 Å². The highest BCUT2D eigenvalue weighted by atomic mass is 19.4. The molecule has 1 amide bonds. The quantitative estimate of drug-likeness (QED) is 0.456. The van der Waals surface area contributed by atoms with E-state index in [2.05, 4.69) is 20.8 Å². The van der Waals surface area contributed by atoms with Gasteiger partial charge in [0.15, 0.2) is 0 Å². The lowest BCUT2D eigenvalue weighted by molar-refractivity contribution is -0.137. The number of amides is 1. The third-order valence-electron chi connectivity index (χ3n) is 5.40. The molecule has 1 fully saturated rings. The van der Waals surface area contributed by atoms with Crippen molar-refractivity contribution in [2.45, 2.75) is 45.1 Å². The number of hydrogen-bond acceptors (Lipinski definition) is 5. The molecule has 0 bridgehead atoms. The Kier molecular flexibility index (Phi) is 8.45. The molecule has 3 N–H and O–H groups in total. The first-order valence-corrected chi connectivity index (χ1v) is 10.8. The minimum Gasteiger partial charge on any atom is -0.435 e. The Morgan fingerprint density at radius 3 is 2.50 bits per heavy atom. The first-order chi connectivity index (χ1) is 16.1. The highest BCUT2D eigenvalue weighted by Gasteiger charge is 2.34. The minimum absolute atomic E-state index is 0.0343. The van der Waals surface area contributed by atoms with Crippen LogP contribution in [0.5, 0.6) is 5.75 Å². The second-order valence-corrected chi connectivity index (χ2v) is 8.07. The van der Waals surface area contributed by atoms with Gasteiger partial charge in [0.1, 0.15) is 5.75 Å². The van der Waals surface area contributed by atoms with Crippen LogP contribution in [-0.4, -0.2) is 43.2 Å². The molecule has 1 aliphatic rings. The van der Waals surface area contributed by atoms with Gasteiger partial charge in [-0.3, -0.25) is 4.79 Å². The number of halogens is 5. The van der Waals surface area contributed by atoms with Gasteiger partial charge in [-0.05, 0) is 61.3 Å². The number of nitrogens with zero attached hydrogens (tertiary/aromatic N) is 1. The van der Waals surface area contributed by atoms with Gasteiger partial charge in [-0.2, -0.15) is 22.0 Å². The summed E-state index contributed by atoms with van der Waals surface area (Å²) < 4.78 is 67.8. The molecule has 2 atom stereocenters. The molecule has 2 aromatic carbocycles. The Bertz CT molecular complexity index is 969. The van der Waals surface area contributed by atoms with Gasteiger partial charge in [-0.25, -0.2) is 10.4 Å². The fraction of sp³-hybridized carbons (Fsp3) is 0.435. The largest absolute Gasteiger partial charge is 0.435 e. The molecular formula is C23H27F5N4O2. The van der Waals surface area contributed by atoms with Crippen LogP contribution in [0.25, 0.3) is 0 Å². The summed E-state index contributed by atoms with van der Waals surface area (Å²) in [4.78, 5) is 12.5. The fourth-order valence-electron chi connectivity index (χ4n) is 3.82.